The number of hydrogen-bond acceptors (Lipinski definition) is 3. The number of piperidine rings is 1. The van der Waals surface area contributed by atoms with E-state index in [0.29, 0.717) is 19.0 Å². The van der Waals surface area contributed by atoms with E-state index in [-0.39, 0.29) is 29.5 Å². The van der Waals surface area contributed by atoms with E-state index in [2.05, 4.69) is 25.8 Å². The van der Waals surface area contributed by atoms with E-state index >= 15 is 0 Å². The minimum absolute atomic E-state index is 0. The molecular formula is C19H29F3IN5O. The summed E-state index contributed by atoms with van der Waals surface area (Å²) in [5.41, 5.74) is -0.581. The van der Waals surface area contributed by atoms with Gasteiger partial charge in [-0.25, -0.2) is 0 Å². The summed E-state index contributed by atoms with van der Waals surface area (Å²) in [4.78, 5) is 18.6. The van der Waals surface area contributed by atoms with Crippen LogP contribution in [0.3, 0.4) is 0 Å². The Morgan fingerprint density at radius 3 is 2.17 bits per heavy atom. The maximum absolute atomic E-state index is 12.5. The first kappa shape index (κ1) is 25.5. The third-order valence-electron chi connectivity index (χ3n) is 4.57. The van der Waals surface area contributed by atoms with Crippen molar-refractivity contribution >= 4 is 35.8 Å². The van der Waals surface area contributed by atoms with Crippen LogP contribution in [0.25, 0.3) is 0 Å². The van der Waals surface area contributed by atoms with Gasteiger partial charge in [-0.2, -0.15) is 13.2 Å². The minimum Gasteiger partial charge on any atom is -0.355 e. The minimum atomic E-state index is -4.41. The van der Waals surface area contributed by atoms with E-state index in [1.165, 1.54) is 31.4 Å². The molecule has 0 saturated carbocycles. The molecule has 3 N–H and O–H groups in total. The number of carbonyl (C=O) groups excluding carboxylic acids is 1. The van der Waals surface area contributed by atoms with Crippen molar-refractivity contribution in [3.8, 4) is 0 Å². The fourth-order valence-electron chi connectivity index (χ4n) is 3.01. The average Bonchev–Trinajstić information content (AvgIpc) is 2.70. The molecule has 1 fully saturated rings. The van der Waals surface area contributed by atoms with Gasteiger partial charge in [0, 0.05) is 38.8 Å². The summed E-state index contributed by atoms with van der Waals surface area (Å²) in [5.74, 6) is 0.240. The standard InChI is InChI=1S/C19H28F3N5O.HI/c1-23-18(26-11-14-27-12-3-2-4-13-27)25-10-9-24-17(28)15-5-7-16(8-6-15)19(20,21)22;/h5-8H,2-4,9-14H2,1H3,(H,24,28)(H2,23,25,26);1H. The predicted octanol–water partition coefficient (Wildman–Crippen LogP) is 2.70. The Bertz CT molecular complexity index is 646. The van der Waals surface area contributed by atoms with Crippen LogP contribution >= 0.6 is 24.0 Å². The molecule has 1 aromatic carbocycles. The summed E-state index contributed by atoms with van der Waals surface area (Å²) in [6.45, 7) is 4.82. The molecule has 29 heavy (non-hydrogen) atoms. The van der Waals surface area contributed by atoms with Crippen molar-refractivity contribution in [2.75, 3.05) is 46.3 Å². The highest BCUT2D eigenvalue weighted by Crippen LogP contribution is 2.29. The van der Waals surface area contributed by atoms with E-state index in [1.807, 2.05) is 0 Å². The molecule has 6 nitrogen and oxygen atoms in total. The Kier molecular flexibility index (Phi) is 11.3. The third-order valence-corrected chi connectivity index (χ3v) is 4.57. The Morgan fingerprint density at radius 1 is 1.00 bits per heavy atom. The highest BCUT2D eigenvalue weighted by atomic mass is 127. The molecule has 10 heteroatoms. The maximum Gasteiger partial charge on any atom is 0.416 e. The smallest absolute Gasteiger partial charge is 0.355 e. The molecule has 0 spiro atoms. The van der Waals surface area contributed by atoms with Crippen molar-refractivity contribution in [3.05, 3.63) is 35.4 Å². The lowest BCUT2D eigenvalue weighted by Crippen LogP contribution is -2.44. The van der Waals surface area contributed by atoms with Crippen molar-refractivity contribution in [3.63, 3.8) is 0 Å². The SMILES string of the molecule is CN=C(NCCNC(=O)c1ccc(C(F)(F)F)cc1)NCCN1CCCCC1.I. The second kappa shape index (κ2) is 12.9. The quantitative estimate of drug-likeness (QED) is 0.221. The van der Waals surface area contributed by atoms with Crippen molar-refractivity contribution in [1.29, 1.82) is 0 Å². The zero-order chi connectivity index (χ0) is 20.4. The molecule has 164 valence electrons. The average molecular weight is 527 g/mol. The summed E-state index contributed by atoms with van der Waals surface area (Å²) in [7, 11) is 1.68. The summed E-state index contributed by atoms with van der Waals surface area (Å²) in [5, 5.41) is 9.01. The first-order valence-electron chi connectivity index (χ1n) is 9.52. The summed E-state index contributed by atoms with van der Waals surface area (Å²) < 4.78 is 37.6. The van der Waals surface area contributed by atoms with Crippen LogP contribution in [0.2, 0.25) is 0 Å². The maximum atomic E-state index is 12.5. The zero-order valence-corrected chi connectivity index (χ0v) is 18.8. The molecule has 1 aliphatic rings. The van der Waals surface area contributed by atoms with Crippen LogP contribution in [0.15, 0.2) is 29.3 Å². The fraction of sp³-hybridized carbons (Fsp3) is 0.579. The van der Waals surface area contributed by atoms with Gasteiger partial charge in [0.05, 0.1) is 5.56 Å². The number of nitrogens with one attached hydrogen (secondary N) is 3. The van der Waals surface area contributed by atoms with Gasteiger partial charge in [0.1, 0.15) is 0 Å². The lowest BCUT2D eigenvalue weighted by molar-refractivity contribution is -0.137. The molecule has 1 heterocycles. The third kappa shape index (κ3) is 9.20. The van der Waals surface area contributed by atoms with Gasteiger partial charge in [-0.05, 0) is 50.2 Å². The number of amides is 1. The normalized spacial score (nSPS) is 15.4. The lowest BCUT2D eigenvalue weighted by atomic mass is 10.1. The molecule has 0 radical (unpaired) electrons. The van der Waals surface area contributed by atoms with E-state index in [1.54, 1.807) is 7.05 Å². The van der Waals surface area contributed by atoms with Crippen molar-refractivity contribution in [2.24, 2.45) is 4.99 Å². The number of benzene rings is 1. The summed E-state index contributed by atoms with van der Waals surface area (Å²) in [6, 6.07) is 4.15. The van der Waals surface area contributed by atoms with Crippen LogP contribution in [0.1, 0.15) is 35.2 Å². The molecule has 1 saturated heterocycles. The predicted molar refractivity (Wildman–Crippen MR) is 119 cm³/mol. The van der Waals surface area contributed by atoms with E-state index in [4.69, 9.17) is 0 Å². The second-order valence-corrected chi connectivity index (χ2v) is 6.66. The second-order valence-electron chi connectivity index (χ2n) is 6.66. The van der Waals surface area contributed by atoms with E-state index < -0.39 is 17.6 Å². The van der Waals surface area contributed by atoms with Crippen LogP contribution < -0.4 is 16.0 Å². The van der Waals surface area contributed by atoms with Crippen molar-refractivity contribution in [1.82, 2.24) is 20.9 Å². The Labute approximate surface area is 186 Å². The van der Waals surface area contributed by atoms with Gasteiger partial charge < -0.3 is 20.9 Å². The van der Waals surface area contributed by atoms with Crippen molar-refractivity contribution in [2.45, 2.75) is 25.4 Å². The van der Waals surface area contributed by atoms with Crippen LogP contribution in [-0.4, -0.2) is 63.1 Å². The number of carbonyl (C=O) groups is 1. The van der Waals surface area contributed by atoms with Gasteiger partial charge in [-0.15, -0.1) is 24.0 Å². The van der Waals surface area contributed by atoms with Gasteiger partial charge in [-0.1, -0.05) is 6.42 Å². The number of guanidine groups is 1. The zero-order valence-electron chi connectivity index (χ0n) is 16.5. The molecule has 0 bridgehead atoms. The summed E-state index contributed by atoms with van der Waals surface area (Å²) >= 11 is 0. The summed E-state index contributed by atoms with van der Waals surface area (Å²) in [6.07, 6.45) is -0.585. The number of aliphatic imine (C=N–C) groups is 1. The van der Waals surface area contributed by atoms with E-state index in [9.17, 15) is 18.0 Å². The molecule has 1 aromatic rings. The number of hydrogen-bond donors (Lipinski definition) is 3. The molecule has 1 amide bonds. The molecule has 0 unspecified atom stereocenters. The van der Waals surface area contributed by atoms with Crippen LogP contribution in [0, 0.1) is 0 Å². The van der Waals surface area contributed by atoms with Gasteiger partial charge >= 0.3 is 6.18 Å². The first-order chi connectivity index (χ1) is 13.4. The molecule has 0 aliphatic carbocycles. The Morgan fingerprint density at radius 2 is 1.59 bits per heavy atom. The van der Waals surface area contributed by atoms with Gasteiger partial charge in [0.15, 0.2) is 5.96 Å². The van der Waals surface area contributed by atoms with Gasteiger partial charge in [0.2, 0.25) is 0 Å². The first-order valence-corrected chi connectivity index (χ1v) is 9.52. The van der Waals surface area contributed by atoms with Crippen LogP contribution in [0.5, 0.6) is 0 Å². The Balaban J connectivity index is 0.00000420. The molecule has 2 rings (SSSR count). The monoisotopic (exact) mass is 527 g/mol. The molecule has 0 atom stereocenters. The topological polar surface area (TPSA) is 68.8 Å². The molecular weight excluding hydrogens is 498 g/mol. The fourth-order valence-corrected chi connectivity index (χ4v) is 3.01. The van der Waals surface area contributed by atoms with E-state index in [0.717, 1.165) is 38.3 Å². The van der Waals surface area contributed by atoms with Crippen molar-refractivity contribution < 1.29 is 18.0 Å². The van der Waals surface area contributed by atoms with Crippen LogP contribution in [0.4, 0.5) is 13.2 Å². The highest BCUT2D eigenvalue weighted by Gasteiger charge is 2.30. The Hall–Kier alpha value is -1.56. The number of rotatable bonds is 7. The van der Waals surface area contributed by atoms with Gasteiger partial charge in [0.25, 0.3) is 5.91 Å². The van der Waals surface area contributed by atoms with Gasteiger partial charge in [-0.3, -0.25) is 9.79 Å². The number of nitrogens with zero attached hydrogens (tertiary/aromatic N) is 2. The number of alkyl halides is 3. The van der Waals surface area contributed by atoms with Crippen LogP contribution in [-0.2, 0) is 6.18 Å². The highest BCUT2D eigenvalue weighted by molar-refractivity contribution is 14.0. The lowest BCUT2D eigenvalue weighted by Gasteiger charge is -2.26. The number of halogens is 4. The largest absolute Gasteiger partial charge is 0.416 e. The molecule has 0 aromatic heterocycles. The number of likely N-dealkylation sites (tertiary alicyclic amines) is 1. The molecule has 1 aliphatic heterocycles.